The van der Waals surface area contributed by atoms with Crippen LogP contribution in [0.15, 0.2) is 12.7 Å². The van der Waals surface area contributed by atoms with Crippen molar-refractivity contribution in [1.82, 2.24) is 0 Å². The summed E-state index contributed by atoms with van der Waals surface area (Å²) in [6.07, 6.45) is 2.90. The summed E-state index contributed by atoms with van der Waals surface area (Å²) in [5.74, 6) is 0. The lowest BCUT2D eigenvalue weighted by atomic mass is 10.3. The van der Waals surface area contributed by atoms with Crippen molar-refractivity contribution in [2.45, 2.75) is 19.4 Å². The van der Waals surface area contributed by atoms with E-state index in [4.69, 9.17) is 13.6 Å². The molecule has 1 aliphatic rings. The Hall–Kier alpha value is 0.0500. The van der Waals surface area contributed by atoms with Crippen LogP contribution < -0.4 is 0 Å². The van der Waals surface area contributed by atoms with Crippen LogP contribution in [-0.4, -0.2) is 19.3 Å². The van der Waals surface area contributed by atoms with E-state index in [9.17, 15) is 0 Å². The summed E-state index contributed by atoms with van der Waals surface area (Å²) in [5.41, 5.74) is 0. The van der Waals surface area contributed by atoms with Gasteiger partial charge >= 0.3 is 8.60 Å². The molecule has 2 atom stereocenters. The van der Waals surface area contributed by atoms with Crippen molar-refractivity contribution in [3.63, 3.8) is 0 Å². The Bertz CT molecular complexity index is 129. The molecule has 0 N–H and O–H groups in total. The molecule has 11 heavy (non-hydrogen) atoms. The molecule has 0 aromatic carbocycles. The van der Waals surface area contributed by atoms with Crippen molar-refractivity contribution in [3.8, 4) is 0 Å². The highest BCUT2D eigenvalue weighted by atomic mass is 31.2. The first-order valence-electron chi connectivity index (χ1n) is 3.70. The summed E-state index contributed by atoms with van der Waals surface area (Å²) in [6.45, 7) is 6.77. The Morgan fingerprint density at radius 3 is 3.18 bits per heavy atom. The highest BCUT2D eigenvalue weighted by Crippen LogP contribution is 2.46. The SMILES string of the molecule is C=CCOP1OCC(CC)O1. The predicted molar refractivity (Wildman–Crippen MR) is 44.2 cm³/mol. The molecule has 1 fully saturated rings. The van der Waals surface area contributed by atoms with E-state index in [1.165, 1.54) is 0 Å². The summed E-state index contributed by atoms with van der Waals surface area (Å²) < 4.78 is 15.8. The Balaban J connectivity index is 2.13. The third kappa shape index (κ3) is 2.88. The standard InChI is InChI=1S/C7H13O3P/c1-3-5-8-11-9-6-7(4-2)10-11/h3,7H,1,4-6H2,2H3. The Morgan fingerprint density at radius 2 is 2.64 bits per heavy atom. The van der Waals surface area contributed by atoms with Gasteiger partial charge in [-0.25, -0.2) is 0 Å². The van der Waals surface area contributed by atoms with Gasteiger partial charge in [0.15, 0.2) is 0 Å². The van der Waals surface area contributed by atoms with Gasteiger partial charge < -0.3 is 13.6 Å². The largest absolute Gasteiger partial charge is 0.333 e. The molecule has 1 rings (SSSR count). The van der Waals surface area contributed by atoms with Crippen molar-refractivity contribution in [1.29, 1.82) is 0 Å². The van der Waals surface area contributed by atoms with Crippen LogP contribution in [0.1, 0.15) is 13.3 Å². The lowest BCUT2D eigenvalue weighted by molar-refractivity contribution is 0.218. The van der Waals surface area contributed by atoms with Gasteiger partial charge in [-0.3, -0.25) is 0 Å². The average Bonchev–Trinajstić information content (AvgIpc) is 2.48. The van der Waals surface area contributed by atoms with Gasteiger partial charge in [0.25, 0.3) is 0 Å². The van der Waals surface area contributed by atoms with Crippen molar-refractivity contribution < 1.29 is 13.6 Å². The molecule has 3 nitrogen and oxygen atoms in total. The summed E-state index contributed by atoms with van der Waals surface area (Å²) in [5, 5.41) is 0. The minimum atomic E-state index is -1.07. The van der Waals surface area contributed by atoms with Crippen LogP contribution in [0.5, 0.6) is 0 Å². The summed E-state index contributed by atoms with van der Waals surface area (Å²) in [6, 6.07) is 0. The van der Waals surface area contributed by atoms with Crippen molar-refractivity contribution in [2.24, 2.45) is 0 Å². The fourth-order valence-corrected chi connectivity index (χ4v) is 1.86. The first-order valence-corrected chi connectivity index (χ1v) is 4.80. The van der Waals surface area contributed by atoms with Crippen LogP contribution in [0.4, 0.5) is 0 Å². The topological polar surface area (TPSA) is 27.7 Å². The fourth-order valence-electron chi connectivity index (χ4n) is 0.700. The number of hydrogen-bond acceptors (Lipinski definition) is 3. The number of rotatable bonds is 4. The third-order valence-corrected chi connectivity index (χ3v) is 2.54. The van der Waals surface area contributed by atoms with E-state index in [0.717, 1.165) is 6.42 Å². The molecular formula is C7H13O3P. The average molecular weight is 176 g/mol. The lowest BCUT2D eigenvalue weighted by Crippen LogP contribution is -2.05. The highest BCUT2D eigenvalue weighted by Gasteiger charge is 2.26. The maximum absolute atomic E-state index is 5.39. The minimum absolute atomic E-state index is 0.228. The van der Waals surface area contributed by atoms with E-state index in [0.29, 0.717) is 13.2 Å². The first kappa shape index (κ1) is 9.14. The molecule has 0 amide bonds. The van der Waals surface area contributed by atoms with Gasteiger partial charge in [-0.1, -0.05) is 13.0 Å². The van der Waals surface area contributed by atoms with Crippen LogP contribution in [0.2, 0.25) is 0 Å². The molecule has 0 aliphatic carbocycles. The van der Waals surface area contributed by atoms with Crippen LogP contribution in [0.25, 0.3) is 0 Å². The molecule has 4 heteroatoms. The van der Waals surface area contributed by atoms with E-state index >= 15 is 0 Å². The highest BCUT2D eigenvalue weighted by molar-refractivity contribution is 7.42. The zero-order valence-corrected chi connectivity index (χ0v) is 7.55. The maximum atomic E-state index is 5.39. The van der Waals surface area contributed by atoms with Gasteiger partial charge in [0, 0.05) is 0 Å². The minimum Gasteiger partial charge on any atom is -0.309 e. The van der Waals surface area contributed by atoms with Crippen molar-refractivity contribution in [2.75, 3.05) is 13.2 Å². The van der Waals surface area contributed by atoms with Crippen molar-refractivity contribution >= 4 is 8.60 Å². The van der Waals surface area contributed by atoms with Gasteiger partial charge in [-0.15, -0.1) is 6.58 Å². The predicted octanol–water partition coefficient (Wildman–Crippen LogP) is 2.24. The Kier molecular flexibility index (Phi) is 4.02. The van der Waals surface area contributed by atoms with E-state index in [-0.39, 0.29) is 6.10 Å². The van der Waals surface area contributed by atoms with E-state index in [1.54, 1.807) is 6.08 Å². The third-order valence-electron chi connectivity index (χ3n) is 1.35. The zero-order chi connectivity index (χ0) is 8.10. The molecule has 0 saturated carbocycles. The maximum Gasteiger partial charge on any atom is 0.333 e. The van der Waals surface area contributed by atoms with Gasteiger partial charge in [0.1, 0.15) is 0 Å². The Labute approximate surface area is 68.3 Å². The molecule has 2 unspecified atom stereocenters. The van der Waals surface area contributed by atoms with Gasteiger partial charge in [0.2, 0.25) is 0 Å². The summed E-state index contributed by atoms with van der Waals surface area (Å²) >= 11 is 0. The summed E-state index contributed by atoms with van der Waals surface area (Å²) in [7, 11) is -1.07. The molecule has 1 saturated heterocycles. The molecule has 0 radical (unpaired) electrons. The molecule has 0 bridgehead atoms. The number of hydrogen-bond donors (Lipinski definition) is 0. The van der Waals surface area contributed by atoms with Crippen LogP contribution in [0.3, 0.4) is 0 Å². The lowest BCUT2D eigenvalue weighted by Gasteiger charge is -2.06. The van der Waals surface area contributed by atoms with Crippen molar-refractivity contribution in [3.05, 3.63) is 12.7 Å². The smallest absolute Gasteiger partial charge is 0.309 e. The van der Waals surface area contributed by atoms with Crippen LogP contribution in [0, 0.1) is 0 Å². The summed E-state index contributed by atoms with van der Waals surface area (Å²) in [4.78, 5) is 0. The van der Waals surface area contributed by atoms with Crippen LogP contribution in [-0.2, 0) is 13.6 Å². The quantitative estimate of drug-likeness (QED) is 0.485. The van der Waals surface area contributed by atoms with E-state index in [1.807, 2.05) is 0 Å². The normalized spacial score (nSPS) is 30.6. The molecular weight excluding hydrogens is 163 g/mol. The van der Waals surface area contributed by atoms with E-state index < -0.39 is 8.60 Å². The molecule has 0 aromatic rings. The van der Waals surface area contributed by atoms with Gasteiger partial charge in [-0.2, -0.15) is 0 Å². The molecule has 1 heterocycles. The zero-order valence-electron chi connectivity index (χ0n) is 6.66. The Morgan fingerprint density at radius 1 is 1.82 bits per heavy atom. The molecule has 64 valence electrons. The second kappa shape index (κ2) is 4.83. The van der Waals surface area contributed by atoms with E-state index in [2.05, 4.69) is 13.5 Å². The second-order valence-corrected chi connectivity index (χ2v) is 3.41. The molecule has 0 spiro atoms. The first-order chi connectivity index (χ1) is 5.36. The second-order valence-electron chi connectivity index (χ2n) is 2.24. The molecule has 1 aliphatic heterocycles. The monoisotopic (exact) mass is 176 g/mol. The fraction of sp³-hybridized carbons (Fsp3) is 0.714. The van der Waals surface area contributed by atoms with Gasteiger partial charge in [0.05, 0.1) is 19.3 Å². The van der Waals surface area contributed by atoms with Crippen LogP contribution >= 0.6 is 8.60 Å². The molecule has 0 aromatic heterocycles. The van der Waals surface area contributed by atoms with Gasteiger partial charge in [-0.05, 0) is 6.42 Å².